The zero-order valence-electron chi connectivity index (χ0n) is 19.7. The molecule has 4 rings (SSSR count). The van der Waals surface area contributed by atoms with Crippen LogP contribution in [-0.4, -0.2) is 41.6 Å². The zero-order valence-corrected chi connectivity index (χ0v) is 19.7. The molecule has 0 saturated carbocycles. The van der Waals surface area contributed by atoms with Crippen LogP contribution in [-0.2, 0) is 18.6 Å². The highest BCUT2D eigenvalue weighted by atomic mass is 16.7. The Hall–Kier alpha value is -1.53. The summed E-state index contributed by atoms with van der Waals surface area (Å²) in [5, 5.41) is 1.14. The van der Waals surface area contributed by atoms with Crippen LogP contribution >= 0.6 is 0 Å². The van der Waals surface area contributed by atoms with Gasteiger partial charge >= 0.3 is 14.2 Å². The summed E-state index contributed by atoms with van der Waals surface area (Å²) in [7, 11) is -1.00. The summed E-state index contributed by atoms with van der Waals surface area (Å²) in [5.41, 5.74) is 2.21. The summed E-state index contributed by atoms with van der Waals surface area (Å²) in [4.78, 5) is 3.54. The first kappa shape index (κ1) is 21.7. The molecule has 1 N–H and O–H groups in total. The Morgan fingerprint density at radius 1 is 0.733 bits per heavy atom. The number of H-pyrrole nitrogens is 1. The molecule has 5 nitrogen and oxygen atoms in total. The molecule has 3 heterocycles. The van der Waals surface area contributed by atoms with Gasteiger partial charge in [0, 0.05) is 16.7 Å². The lowest BCUT2D eigenvalue weighted by atomic mass is 9.64. The summed E-state index contributed by atoms with van der Waals surface area (Å²) in [6.45, 7) is 18.6. The van der Waals surface area contributed by atoms with Gasteiger partial charge in [0.2, 0.25) is 0 Å². The van der Waals surface area contributed by atoms with E-state index in [2.05, 4.69) is 78.6 Å². The molecule has 0 unspecified atom stereocenters. The molecule has 160 valence electrons. The van der Waals surface area contributed by atoms with Gasteiger partial charge in [-0.25, -0.2) is 0 Å². The van der Waals surface area contributed by atoms with Crippen molar-refractivity contribution >= 4 is 30.6 Å². The average molecular weight is 409 g/mol. The van der Waals surface area contributed by atoms with Crippen LogP contribution in [0.4, 0.5) is 0 Å². The minimum Gasteiger partial charge on any atom is -0.400 e. The predicted octanol–water partition coefficient (Wildman–Crippen LogP) is 5.20. The fourth-order valence-electron chi connectivity index (χ4n) is 3.85. The quantitative estimate of drug-likeness (QED) is 0.708. The molecule has 7 heteroatoms. The molecule has 2 saturated heterocycles. The molecule has 0 aliphatic carbocycles. The van der Waals surface area contributed by atoms with Crippen molar-refractivity contribution in [2.75, 3.05) is 0 Å². The van der Waals surface area contributed by atoms with E-state index in [-0.39, 0.29) is 0 Å². The molecule has 0 radical (unpaired) electrons. The lowest BCUT2D eigenvalue weighted by molar-refractivity contribution is 0.00578. The Morgan fingerprint density at radius 3 is 1.70 bits per heavy atom. The Morgan fingerprint density at radius 2 is 1.20 bits per heavy atom. The molecule has 2 aliphatic heterocycles. The van der Waals surface area contributed by atoms with Gasteiger partial charge < -0.3 is 23.6 Å². The molecule has 0 amide bonds. The average Bonchev–Trinajstić information content (AvgIpc) is 3.18. The van der Waals surface area contributed by atoms with Crippen molar-refractivity contribution in [3.8, 4) is 0 Å². The molecule has 0 spiro atoms. The topological polar surface area (TPSA) is 52.7 Å². The third kappa shape index (κ3) is 3.36. The van der Waals surface area contributed by atoms with Gasteiger partial charge in [-0.1, -0.05) is 18.2 Å². The number of fused-ring (bicyclic) bond motifs is 1. The Balaban J connectivity index is 1.83. The first-order chi connectivity index (χ1) is 13.7. The molecule has 1 aromatic carbocycles. The number of hydrogen-bond acceptors (Lipinski definition) is 4. The van der Waals surface area contributed by atoms with E-state index in [4.69, 9.17) is 18.6 Å². The van der Waals surface area contributed by atoms with Crippen molar-refractivity contribution in [2.45, 2.75) is 84.7 Å². The molecule has 30 heavy (non-hydrogen) atoms. The van der Waals surface area contributed by atoms with Gasteiger partial charge in [0.05, 0.1) is 22.4 Å². The van der Waals surface area contributed by atoms with E-state index in [1.54, 1.807) is 0 Å². The Bertz CT molecular complexity index is 941. The Kier molecular flexibility index (Phi) is 4.87. The van der Waals surface area contributed by atoms with E-state index in [0.29, 0.717) is 0 Å². The largest absolute Gasteiger partial charge is 0.496 e. The maximum Gasteiger partial charge on any atom is 0.496 e. The molecule has 2 aliphatic rings. The Labute approximate surface area is 180 Å². The second kappa shape index (κ2) is 6.73. The van der Waals surface area contributed by atoms with Crippen LogP contribution in [0.15, 0.2) is 35.8 Å². The van der Waals surface area contributed by atoms with Crippen molar-refractivity contribution < 1.29 is 18.6 Å². The number of para-hydroxylation sites is 1. The van der Waals surface area contributed by atoms with E-state index >= 15 is 0 Å². The highest BCUT2D eigenvalue weighted by Gasteiger charge is 2.56. The number of hydrogen-bond donors (Lipinski definition) is 1. The molecular formula is C23H33B2NO4. The number of allylic oxidation sites excluding steroid dienone is 1. The van der Waals surface area contributed by atoms with Crippen molar-refractivity contribution in [3.05, 3.63) is 41.5 Å². The highest BCUT2D eigenvalue weighted by molar-refractivity contribution is 6.73. The van der Waals surface area contributed by atoms with Gasteiger partial charge in [0.25, 0.3) is 0 Å². The number of aromatic amines is 1. The van der Waals surface area contributed by atoms with Gasteiger partial charge in [-0.05, 0) is 85.3 Å². The summed E-state index contributed by atoms with van der Waals surface area (Å²) >= 11 is 0. The zero-order chi connectivity index (χ0) is 22.1. The van der Waals surface area contributed by atoms with Crippen LogP contribution in [0.25, 0.3) is 16.4 Å². The van der Waals surface area contributed by atoms with Crippen LogP contribution in [0.2, 0.25) is 0 Å². The van der Waals surface area contributed by atoms with Crippen molar-refractivity contribution in [2.24, 2.45) is 0 Å². The molecular weight excluding hydrogens is 376 g/mol. The van der Waals surface area contributed by atoms with Crippen molar-refractivity contribution in [3.63, 3.8) is 0 Å². The number of benzene rings is 1. The minimum absolute atomic E-state index is 0.416. The number of aromatic nitrogens is 1. The van der Waals surface area contributed by atoms with Gasteiger partial charge in [0.15, 0.2) is 0 Å². The summed E-state index contributed by atoms with van der Waals surface area (Å²) < 4.78 is 25.6. The normalized spacial score (nSPS) is 25.1. The van der Waals surface area contributed by atoms with Gasteiger partial charge in [0.1, 0.15) is 0 Å². The third-order valence-corrected chi connectivity index (χ3v) is 7.34. The van der Waals surface area contributed by atoms with Gasteiger partial charge in [-0.15, -0.1) is 0 Å². The summed E-state index contributed by atoms with van der Waals surface area (Å²) in [6.07, 6.45) is 0. The van der Waals surface area contributed by atoms with Crippen LogP contribution in [0.5, 0.6) is 0 Å². The summed E-state index contributed by atoms with van der Waals surface area (Å²) in [6, 6.07) is 10.4. The van der Waals surface area contributed by atoms with Gasteiger partial charge in [-0.2, -0.15) is 0 Å². The lowest BCUT2D eigenvalue weighted by Crippen LogP contribution is -2.41. The monoisotopic (exact) mass is 409 g/mol. The van der Waals surface area contributed by atoms with Crippen molar-refractivity contribution in [1.82, 2.24) is 4.98 Å². The third-order valence-electron chi connectivity index (χ3n) is 7.34. The molecule has 2 fully saturated rings. The second-order valence-corrected chi connectivity index (χ2v) is 10.5. The fourth-order valence-corrected chi connectivity index (χ4v) is 3.85. The maximum atomic E-state index is 6.45. The minimum atomic E-state index is -0.526. The SMILES string of the molecule is C/C(B1OC(C)(C)C(C)(C)O1)=C(/B1OC(C)(C)C(C)(C)O1)c1cc2ccccc2[nH]1. The van der Waals surface area contributed by atoms with E-state index in [0.717, 1.165) is 27.5 Å². The van der Waals surface area contributed by atoms with Gasteiger partial charge in [-0.3, -0.25) is 0 Å². The molecule has 0 bridgehead atoms. The first-order valence-corrected chi connectivity index (χ1v) is 10.7. The highest BCUT2D eigenvalue weighted by Crippen LogP contribution is 2.44. The smallest absolute Gasteiger partial charge is 0.400 e. The molecule has 2 aromatic rings. The molecule has 0 atom stereocenters. The van der Waals surface area contributed by atoms with E-state index < -0.39 is 36.6 Å². The van der Waals surface area contributed by atoms with Crippen LogP contribution in [0, 0.1) is 0 Å². The van der Waals surface area contributed by atoms with Crippen LogP contribution < -0.4 is 0 Å². The first-order valence-electron chi connectivity index (χ1n) is 10.7. The second-order valence-electron chi connectivity index (χ2n) is 10.5. The van der Waals surface area contributed by atoms with Crippen LogP contribution in [0.1, 0.15) is 68.0 Å². The number of rotatable bonds is 3. The fraction of sp³-hybridized carbons (Fsp3) is 0.565. The lowest BCUT2D eigenvalue weighted by Gasteiger charge is -2.32. The van der Waals surface area contributed by atoms with E-state index in [1.807, 2.05) is 19.1 Å². The standard InChI is InChI=1S/C23H33B2NO4/c1-15(24-27-20(2,3)21(4,5)28-24)19(25-29-22(6,7)23(8,9)30-25)18-14-16-12-10-11-13-17(16)26-18/h10-14,26H,1-9H3/b19-15-. The van der Waals surface area contributed by atoms with Crippen LogP contribution in [0.3, 0.4) is 0 Å². The number of nitrogens with one attached hydrogen (secondary N) is 1. The molecule has 1 aromatic heterocycles. The maximum absolute atomic E-state index is 6.45. The van der Waals surface area contributed by atoms with E-state index in [9.17, 15) is 0 Å². The predicted molar refractivity (Wildman–Crippen MR) is 123 cm³/mol. The summed E-state index contributed by atoms with van der Waals surface area (Å²) in [5.74, 6) is 0. The van der Waals surface area contributed by atoms with Crippen molar-refractivity contribution in [1.29, 1.82) is 0 Å². The van der Waals surface area contributed by atoms with E-state index in [1.165, 1.54) is 0 Å².